The Hall–Kier alpha value is -4.92. The molecule has 0 saturated heterocycles. The van der Waals surface area contributed by atoms with Crippen molar-refractivity contribution < 1.29 is 33.8 Å². The number of nitrogens with zero attached hydrogens (tertiary/aromatic N) is 3. The first kappa shape index (κ1) is 40.8. The van der Waals surface area contributed by atoms with E-state index in [0.29, 0.717) is 59.6 Å². The van der Waals surface area contributed by atoms with Crippen molar-refractivity contribution in [3.63, 3.8) is 0 Å². The first-order valence-corrected chi connectivity index (χ1v) is 18.1. The number of para-hydroxylation sites is 1. The number of Topliss-reactive ketones (excluding diaryl/α,β-unsaturated/α-hetero) is 1. The minimum atomic E-state index is -1.05. The van der Waals surface area contributed by atoms with E-state index in [0.717, 1.165) is 11.8 Å². The van der Waals surface area contributed by atoms with E-state index in [1.165, 1.54) is 6.92 Å². The average molecular weight is 732 g/mol. The Bertz CT molecular complexity index is 1880. The monoisotopic (exact) mass is 731 g/mol. The minimum absolute atomic E-state index is 0.00751. The number of fused-ring (bicyclic) bond motifs is 3. The standard InChI is InChI=1S/C39H53N7O7/c1-7-52-22-32-44-34-35(46(32)23-39(5,6)51)29-13-8-9-14-30(29)43-36(34)45-38(50)53-21-26-15-17-28(18-16-26)42-37(49)27(12-10-11-19-40)20-31(48)33(24(2)3)41-25(4)47/h8-9,13-18,24,27,33,51H,7,10-12,19-23,40H2,1-6H3,(H,41,47)(H,42,49)(H,43,45,50)/t27-,33+/m1/s1. The lowest BCUT2D eigenvalue weighted by molar-refractivity contribution is -0.130. The van der Waals surface area contributed by atoms with E-state index < -0.39 is 23.7 Å². The molecule has 4 aromatic rings. The SMILES string of the molecule is CCOCc1nc2c(NC(=O)OCc3ccc(NC(=O)[C@H](CCCCN)CC(=O)[C@@H](NC(C)=O)C(C)C)cc3)nc3ccccc3c2n1CC(C)(C)O. The van der Waals surface area contributed by atoms with Crippen molar-refractivity contribution in [2.75, 3.05) is 23.8 Å². The van der Waals surface area contributed by atoms with E-state index in [2.05, 4.69) is 20.9 Å². The first-order valence-electron chi connectivity index (χ1n) is 18.1. The summed E-state index contributed by atoms with van der Waals surface area (Å²) in [6.45, 7) is 11.7. The van der Waals surface area contributed by atoms with Crippen LogP contribution in [0.25, 0.3) is 21.9 Å². The number of unbranched alkanes of at least 4 members (excludes halogenated alkanes) is 1. The lowest BCUT2D eigenvalue weighted by atomic mass is 9.89. The lowest BCUT2D eigenvalue weighted by Crippen LogP contribution is -2.44. The van der Waals surface area contributed by atoms with Gasteiger partial charge >= 0.3 is 6.09 Å². The second-order valence-electron chi connectivity index (χ2n) is 14.2. The predicted molar refractivity (Wildman–Crippen MR) is 204 cm³/mol. The van der Waals surface area contributed by atoms with Crippen LogP contribution in [0.3, 0.4) is 0 Å². The van der Waals surface area contributed by atoms with Gasteiger partial charge in [0.25, 0.3) is 0 Å². The van der Waals surface area contributed by atoms with E-state index in [-0.39, 0.29) is 55.5 Å². The van der Waals surface area contributed by atoms with Crippen molar-refractivity contribution in [2.24, 2.45) is 17.6 Å². The highest BCUT2D eigenvalue weighted by molar-refractivity contribution is 6.09. The van der Waals surface area contributed by atoms with Gasteiger partial charge in [0.05, 0.1) is 29.2 Å². The number of ketones is 1. The molecular formula is C39H53N7O7. The zero-order chi connectivity index (χ0) is 38.7. The molecule has 2 heterocycles. The molecule has 0 spiro atoms. The molecule has 14 nitrogen and oxygen atoms in total. The van der Waals surface area contributed by atoms with Crippen molar-refractivity contribution in [2.45, 2.75) is 98.6 Å². The Balaban J connectivity index is 1.45. The largest absolute Gasteiger partial charge is 0.444 e. The molecule has 4 rings (SSSR count). The van der Waals surface area contributed by atoms with Crippen molar-refractivity contribution in [1.29, 1.82) is 0 Å². The molecule has 0 saturated carbocycles. The number of hydrogen-bond acceptors (Lipinski definition) is 10. The van der Waals surface area contributed by atoms with Gasteiger partial charge in [0.1, 0.15) is 24.6 Å². The predicted octanol–water partition coefficient (Wildman–Crippen LogP) is 5.44. The molecule has 14 heteroatoms. The maximum absolute atomic E-state index is 13.4. The number of nitrogens with two attached hydrogens (primary N) is 1. The van der Waals surface area contributed by atoms with Gasteiger partial charge < -0.3 is 35.5 Å². The fourth-order valence-corrected chi connectivity index (χ4v) is 6.11. The van der Waals surface area contributed by atoms with E-state index in [1.807, 2.05) is 49.6 Å². The van der Waals surface area contributed by atoms with Crippen LogP contribution in [0.15, 0.2) is 48.5 Å². The van der Waals surface area contributed by atoms with E-state index >= 15 is 0 Å². The smallest absolute Gasteiger partial charge is 0.413 e. The van der Waals surface area contributed by atoms with Crippen molar-refractivity contribution in [3.8, 4) is 0 Å². The minimum Gasteiger partial charge on any atom is -0.444 e. The summed E-state index contributed by atoms with van der Waals surface area (Å²) in [6.07, 6.45) is 1.14. The number of rotatable bonds is 19. The highest BCUT2D eigenvalue weighted by Gasteiger charge is 2.29. The number of ether oxygens (including phenoxy) is 2. The fraction of sp³-hybridized carbons (Fsp3) is 0.487. The molecule has 2 aromatic carbocycles. The Morgan fingerprint density at radius 2 is 1.70 bits per heavy atom. The van der Waals surface area contributed by atoms with Crippen LogP contribution >= 0.6 is 0 Å². The summed E-state index contributed by atoms with van der Waals surface area (Å²) < 4.78 is 13.1. The van der Waals surface area contributed by atoms with Crippen molar-refractivity contribution >= 4 is 57.1 Å². The highest BCUT2D eigenvalue weighted by atomic mass is 16.5. The average Bonchev–Trinajstić information content (AvgIpc) is 3.45. The zero-order valence-corrected chi connectivity index (χ0v) is 31.5. The molecule has 0 fully saturated rings. The van der Waals surface area contributed by atoms with E-state index in [4.69, 9.17) is 20.2 Å². The number of pyridine rings is 1. The van der Waals surface area contributed by atoms with Gasteiger partial charge in [0, 0.05) is 36.9 Å². The Kier molecular flexibility index (Phi) is 14.4. The van der Waals surface area contributed by atoms with Crippen LogP contribution in [0.5, 0.6) is 0 Å². The molecule has 0 bridgehead atoms. The van der Waals surface area contributed by atoms with Crippen molar-refractivity contribution in [3.05, 3.63) is 59.9 Å². The molecule has 286 valence electrons. The molecule has 0 unspecified atom stereocenters. The Labute approximate surface area is 310 Å². The molecule has 0 aliphatic heterocycles. The third-order valence-corrected chi connectivity index (χ3v) is 8.65. The topological polar surface area (TPSA) is 200 Å². The summed E-state index contributed by atoms with van der Waals surface area (Å²) >= 11 is 0. The fourth-order valence-electron chi connectivity index (χ4n) is 6.11. The number of carbonyl (C=O) groups excluding carboxylic acids is 4. The number of aromatic nitrogens is 3. The third kappa shape index (κ3) is 11.5. The summed E-state index contributed by atoms with van der Waals surface area (Å²) in [5.41, 5.74) is 7.59. The number of hydrogen-bond donors (Lipinski definition) is 5. The molecule has 0 aliphatic carbocycles. The van der Waals surface area contributed by atoms with Gasteiger partial charge in [-0.3, -0.25) is 19.7 Å². The van der Waals surface area contributed by atoms with Gasteiger partial charge in [-0.05, 0) is 69.8 Å². The van der Waals surface area contributed by atoms with Gasteiger partial charge in [-0.15, -0.1) is 0 Å². The summed E-state index contributed by atoms with van der Waals surface area (Å²) in [5, 5.41) is 19.9. The van der Waals surface area contributed by atoms with Gasteiger partial charge in [0.15, 0.2) is 11.6 Å². The van der Waals surface area contributed by atoms with Crippen LogP contribution < -0.4 is 21.7 Å². The van der Waals surface area contributed by atoms with Crippen LogP contribution in [0.1, 0.15) is 78.6 Å². The summed E-state index contributed by atoms with van der Waals surface area (Å²) in [6, 6.07) is 13.7. The number of benzene rings is 2. The number of amides is 3. The van der Waals surface area contributed by atoms with Gasteiger partial charge in [-0.25, -0.2) is 14.8 Å². The second kappa shape index (κ2) is 18.7. The quantitative estimate of drug-likeness (QED) is 0.0774. The Morgan fingerprint density at radius 1 is 0.981 bits per heavy atom. The number of anilines is 2. The molecule has 0 aliphatic rings. The first-order chi connectivity index (χ1) is 25.2. The normalized spacial score (nSPS) is 12.8. The third-order valence-electron chi connectivity index (χ3n) is 8.65. The maximum Gasteiger partial charge on any atom is 0.413 e. The summed E-state index contributed by atoms with van der Waals surface area (Å²) in [5.74, 6) is -0.707. The van der Waals surface area contributed by atoms with Gasteiger partial charge in [0.2, 0.25) is 11.8 Å². The molecule has 2 aromatic heterocycles. The maximum atomic E-state index is 13.4. The van der Waals surface area contributed by atoms with Crippen LogP contribution in [0.4, 0.5) is 16.3 Å². The number of imidazole rings is 1. The lowest BCUT2D eigenvalue weighted by Gasteiger charge is -2.23. The molecule has 3 amide bonds. The van der Waals surface area contributed by atoms with Crippen LogP contribution in [0.2, 0.25) is 0 Å². The summed E-state index contributed by atoms with van der Waals surface area (Å²) in [7, 11) is 0. The Morgan fingerprint density at radius 3 is 2.34 bits per heavy atom. The van der Waals surface area contributed by atoms with Crippen LogP contribution in [-0.4, -0.2) is 68.1 Å². The van der Waals surface area contributed by atoms with Crippen LogP contribution in [-0.2, 0) is 43.6 Å². The van der Waals surface area contributed by atoms with Crippen molar-refractivity contribution in [1.82, 2.24) is 19.9 Å². The number of aliphatic hydroxyl groups is 1. The molecule has 0 radical (unpaired) electrons. The van der Waals surface area contributed by atoms with Gasteiger partial charge in [-0.2, -0.15) is 0 Å². The molecule has 53 heavy (non-hydrogen) atoms. The van der Waals surface area contributed by atoms with Crippen LogP contribution in [0, 0.1) is 11.8 Å². The summed E-state index contributed by atoms with van der Waals surface area (Å²) in [4.78, 5) is 60.8. The number of carbonyl (C=O) groups is 4. The molecule has 6 N–H and O–H groups in total. The van der Waals surface area contributed by atoms with E-state index in [1.54, 1.807) is 38.1 Å². The number of nitrogens with one attached hydrogen (secondary N) is 3. The van der Waals surface area contributed by atoms with E-state index in [9.17, 15) is 24.3 Å². The van der Waals surface area contributed by atoms with Gasteiger partial charge in [-0.1, -0.05) is 50.6 Å². The zero-order valence-electron chi connectivity index (χ0n) is 31.5. The highest BCUT2D eigenvalue weighted by Crippen LogP contribution is 2.32. The molecular weight excluding hydrogens is 678 g/mol. The second-order valence-corrected chi connectivity index (χ2v) is 14.2. The molecule has 2 atom stereocenters.